The van der Waals surface area contributed by atoms with Crippen LogP contribution in [0.2, 0.25) is 0 Å². The third-order valence-electron chi connectivity index (χ3n) is 6.19. The number of rotatable bonds is 9. The average Bonchev–Trinajstić information content (AvgIpc) is 3.31. The zero-order chi connectivity index (χ0) is 24.7. The van der Waals surface area contributed by atoms with Crippen LogP contribution >= 0.6 is 0 Å². The first kappa shape index (κ1) is 23.3. The molecule has 36 heavy (non-hydrogen) atoms. The van der Waals surface area contributed by atoms with Crippen LogP contribution in [0.4, 0.5) is 0 Å². The number of ether oxygens (including phenoxy) is 1. The van der Waals surface area contributed by atoms with Gasteiger partial charge in [0.25, 0.3) is 0 Å². The van der Waals surface area contributed by atoms with Crippen molar-refractivity contribution in [3.05, 3.63) is 109 Å². The van der Waals surface area contributed by atoms with E-state index >= 15 is 0 Å². The van der Waals surface area contributed by atoms with Gasteiger partial charge in [0, 0.05) is 43.0 Å². The minimum absolute atomic E-state index is 0.0108. The number of carbonyl (C=O) groups is 1. The molecule has 0 aliphatic carbocycles. The first-order valence-corrected chi connectivity index (χ1v) is 12.1. The number of hydrogen-bond donors (Lipinski definition) is 1. The molecular formula is C30H28N4O2. The standard InChI is InChI=1S/C30H28N4O2/c1-36-26-12-7-10-23(20-26)30-27(14-16-29(35)32-19-17-25-11-5-6-18-31-25)34-21-24(13-15-28(34)33-30)22-8-3-2-4-9-22/h2-13,15,18,20-21H,14,16-17,19H2,1H3,(H,32,35). The van der Waals surface area contributed by atoms with Gasteiger partial charge >= 0.3 is 0 Å². The van der Waals surface area contributed by atoms with Gasteiger partial charge in [0.1, 0.15) is 11.4 Å². The number of benzene rings is 2. The Morgan fingerprint density at radius 1 is 0.889 bits per heavy atom. The number of imidazole rings is 1. The molecule has 0 aliphatic heterocycles. The summed E-state index contributed by atoms with van der Waals surface area (Å²) in [5.41, 5.74) is 6.86. The lowest BCUT2D eigenvalue weighted by Crippen LogP contribution is -2.26. The molecule has 5 aromatic rings. The van der Waals surface area contributed by atoms with E-state index in [9.17, 15) is 4.79 Å². The maximum atomic E-state index is 12.7. The Balaban J connectivity index is 1.42. The summed E-state index contributed by atoms with van der Waals surface area (Å²) in [6.07, 6.45) is 5.50. The summed E-state index contributed by atoms with van der Waals surface area (Å²) in [7, 11) is 1.66. The first-order chi connectivity index (χ1) is 17.7. The third kappa shape index (κ3) is 5.28. The van der Waals surface area contributed by atoms with E-state index in [1.54, 1.807) is 13.3 Å². The highest BCUT2D eigenvalue weighted by Crippen LogP contribution is 2.30. The SMILES string of the molecule is COc1cccc(-c2nc3ccc(-c4ccccc4)cn3c2CCC(=O)NCCc2ccccn2)c1. The lowest BCUT2D eigenvalue weighted by Gasteiger charge is -2.09. The molecule has 3 aromatic heterocycles. The Bertz CT molecular complexity index is 1460. The lowest BCUT2D eigenvalue weighted by molar-refractivity contribution is -0.121. The van der Waals surface area contributed by atoms with Crippen LogP contribution < -0.4 is 10.1 Å². The topological polar surface area (TPSA) is 68.5 Å². The minimum atomic E-state index is 0.0108. The molecule has 1 N–H and O–H groups in total. The summed E-state index contributed by atoms with van der Waals surface area (Å²) in [4.78, 5) is 22.0. The van der Waals surface area contributed by atoms with Crippen molar-refractivity contribution in [3.63, 3.8) is 0 Å². The van der Waals surface area contributed by atoms with Crippen LogP contribution in [0.15, 0.2) is 97.3 Å². The smallest absolute Gasteiger partial charge is 0.220 e. The number of carbonyl (C=O) groups excluding carboxylic acids is 1. The molecule has 180 valence electrons. The number of nitrogens with one attached hydrogen (secondary N) is 1. The number of methoxy groups -OCH3 is 1. The van der Waals surface area contributed by atoms with Gasteiger partial charge in [-0.1, -0.05) is 48.5 Å². The molecule has 1 amide bonds. The fourth-order valence-corrected chi connectivity index (χ4v) is 4.33. The van der Waals surface area contributed by atoms with Gasteiger partial charge in [-0.25, -0.2) is 4.98 Å². The van der Waals surface area contributed by atoms with E-state index in [-0.39, 0.29) is 5.91 Å². The molecule has 0 bridgehead atoms. The van der Waals surface area contributed by atoms with Crippen molar-refractivity contribution < 1.29 is 9.53 Å². The second-order valence-corrected chi connectivity index (χ2v) is 8.57. The van der Waals surface area contributed by atoms with Crippen molar-refractivity contribution in [1.82, 2.24) is 19.7 Å². The summed E-state index contributed by atoms with van der Waals surface area (Å²) >= 11 is 0. The van der Waals surface area contributed by atoms with E-state index in [4.69, 9.17) is 9.72 Å². The number of fused-ring (bicyclic) bond motifs is 1. The van der Waals surface area contributed by atoms with E-state index in [0.29, 0.717) is 25.8 Å². The highest BCUT2D eigenvalue weighted by atomic mass is 16.5. The molecule has 5 rings (SSSR count). The van der Waals surface area contributed by atoms with E-state index in [1.807, 2.05) is 66.7 Å². The summed E-state index contributed by atoms with van der Waals surface area (Å²) < 4.78 is 7.55. The zero-order valence-corrected chi connectivity index (χ0v) is 20.2. The minimum Gasteiger partial charge on any atom is -0.497 e. The normalized spacial score (nSPS) is 10.9. The summed E-state index contributed by atoms with van der Waals surface area (Å²) in [5, 5.41) is 3.03. The zero-order valence-electron chi connectivity index (χ0n) is 20.2. The molecule has 6 nitrogen and oxygen atoms in total. The summed E-state index contributed by atoms with van der Waals surface area (Å²) in [5.74, 6) is 0.782. The quantitative estimate of drug-likeness (QED) is 0.311. The van der Waals surface area contributed by atoms with Gasteiger partial charge < -0.3 is 14.5 Å². The molecule has 0 saturated carbocycles. The molecule has 0 saturated heterocycles. The second-order valence-electron chi connectivity index (χ2n) is 8.57. The molecule has 0 aliphatic rings. The maximum Gasteiger partial charge on any atom is 0.220 e. The number of aromatic nitrogens is 3. The van der Waals surface area contributed by atoms with Gasteiger partial charge in [-0.05, 0) is 53.9 Å². The second kappa shape index (κ2) is 10.9. The van der Waals surface area contributed by atoms with Crippen LogP contribution in [-0.4, -0.2) is 33.9 Å². The Morgan fingerprint density at radius 3 is 2.53 bits per heavy atom. The summed E-state index contributed by atoms with van der Waals surface area (Å²) in [6.45, 7) is 0.559. The van der Waals surface area contributed by atoms with Crippen molar-refractivity contribution in [2.24, 2.45) is 0 Å². The van der Waals surface area contributed by atoms with Crippen molar-refractivity contribution >= 4 is 11.6 Å². The van der Waals surface area contributed by atoms with Crippen molar-refractivity contribution in [1.29, 1.82) is 0 Å². The number of hydrogen-bond acceptors (Lipinski definition) is 4. The predicted octanol–water partition coefficient (Wildman–Crippen LogP) is 5.36. The van der Waals surface area contributed by atoms with Gasteiger partial charge in [0.05, 0.1) is 18.5 Å². The monoisotopic (exact) mass is 476 g/mol. The van der Waals surface area contributed by atoms with Crippen LogP contribution in [0.5, 0.6) is 5.75 Å². The van der Waals surface area contributed by atoms with Crippen molar-refractivity contribution in [2.45, 2.75) is 19.3 Å². The van der Waals surface area contributed by atoms with Gasteiger partial charge in [0.15, 0.2) is 0 Å². The van der Waals surface area contributed by atoms with Gasteiger partial charge in [-0.2, -0.15) is 0 Å². The maximum absolute atomic E-state index is 12.7. The molecule has 0 atom stereocenters. The van der Waals surface area contributed by atoms with Gasteiger partial charge in [-0.15, -0.1) is 0 Å². The number of aryl methyl sites for hydroxylation is 1. The number of nitrogens with zero attached hydrogens (tertiary/aromatic N) is 3. The van der Waals surface area contributed by atoms with E-state index in [1.165, 1.54) is 0 Å². The first-order valence-electron chi connectivity index (χ1n) is 12.1. The van der Waals surface area contributed by atoms with Crippen molar-refractivity contribution in [2.75, 3.05) is 13.7 Å². The Hall–Kier alpha value is -4.45. The van der Waals surface area contributed by atoms with E-state index < -0.39 is 0 Å². The Labute approximate surface area is 210 Å². The average molecular weight is 477 g/mol. The van der Waals surface area contributed by atoms with Crippen molar-refractivity contribution in [3.8, 4) is 28.1 Å². The fraction of sp³-hybridized carbons (Fsp3) is 0.167. The van der Waals surface area contributed by atoms with Crippen LogP contribution in [0, 0.1) is 0 Å². The van der Waals surface area contributed by atoms with Crippen LogP contribution in [0.1, 0.15) is 17.8 Å². The van der Waals surface area contributed by atoms with Crippen LogP contribution in [0.25, 0.3) is 28.0 Å². The number of pyridine rings is 2. The largest absolute Gasteiger partial charge is 0.497 e. The Morgan fingerprint density at radius 2 is 1.72 bits per heavy atom. The molecular weight excluding hydrogens is 448 g/mol. The fourth-order valence-electron chi connectivity index (χ4n) is 4.33. The molecule has 0 unspecified atom stereocenters. The summed E-state index contributed by atoms with van der Waals surface area (Å²) in [6, 6.07) is 28.1. The molecule has 2 aromatic carbocycles. The highest BCUT2D eigenvalue weighted by Gasteiger charge is 2.17. The molecule has 0 radical (unpaired) electrons. The van der Waals surface area contributed by atoms with Gasteiger partial charge in [0.2, 0.25) is 5.91 Å². The predicted molar refractivity (Wildman–Crippen MR) is 142 cm³/mol. The Kier molecular flexibility index (Phi) is 7.03. The third-order valence-corrected chi connectivity index (χ3v) is 6.19. The number of amides is 1. The van der Waals surface area contributed by atoms with Gasteiger partial charge in [-0.3, -0.25) is 9.78 Å². The van der Waals surface area contributed by atoms with E-state index in [0.717, 1.165) is 45.2 Å². The highest BCUT2D eigenvalue weighted by molar-refractivity contribution is 5.77. The lowest BCUT2D eigenvalue weighted by atomic mass is 10.1. The van der Waals surface area contributed by atoms with Crippen LogP contribution in [-0.2, 0) is 17.6 Å². The van der Waals surface area contributed by atoms with Crippen LogP contribution in [0.3, 0.4) is 0 Å². The molecule has 0 spiro atoms. The molecule has 3 heterocycles. The van der Waals surface area contributed by atoms with E-state index in [2.05, 4.69) is 39.1 Å². The molecule has 6 heteroatoms. The molecule has 0 fully saturated rings.